The van der Waals surface area contributed by atoms with Crippen LogP contribution in [0.25, 0.3) is 21.9 Å². The Labute approximate surface area is 101 Å². The van der Waals surface area contributed by atoms with E-state index in [1.54, 1.807) is 24.3 Å². The molecule has 2 aromatic carbocycles. The minimum absolute atomic E-state index is 0.213. The highest BCUT2D eigenvalue weighted by Gasteiger charge is 2.33. The number of halogens is 3. The van der Waals surface area contributed by atoms with Gasteiger partial charge in [0.15, 0.2) is 0 Å². The lowest BCUT2D eigenvalue weighted by Gasteiger charge is -2.10. The molecule has 1 heterocycles. The van der Waals surface area contributed by atoms with Crippen LogP contribution >= 0.6 is 0 Å². The maximum atomic E-state index is 12.9. The van der Waals surface area contributed by atoms with Crippen molar-refractivity contribution in [3.8, 4) is 0 Å². The Morgan fingerprint density at radius 1 is 0.944 bits per heavy atom. The lowest BCUT2D eigenvalue weighted by Crippen LogP contribution is -2.07. The Bertz CT molecular complexity index is 738. The van der Waals surface area contributed by atoms with Crippen LogP contribution in [0.1, 0.15) is 11.1 Å². The van der Waals surface area contributed by atoms with Gasteiger partial charge in [-0.15, -0.1) is 0 Å². The van der Waals surface area contributed by atoms with Gasteiger partial charge < -0.3 is 4.42 Å². The van der Waals surface area contributed by atoms with Crippen LogP contribution in [0.15, 0.2) is 40.8 Å². The fourth-order valence-corrected chi connectivity index (χ4v) is 2.29. The standard InChI is InChI=1S/C14H9F3O/c1-8-10(14(15,16)17)6-7-12-13(8)9-4-2-3-5-11(9)18-12/h2-7H,1H3. The molecule has 0 radical (unpaired) electrons. The Balaban J connectivity index is 2.47. The third kappa shape index (κ3) is 1.49. The second-order valence-corrected chi connectivity index (χ2v) is 4.21. The molecular weight excluding hydrogens is 241 g/mol. The van der Waals surface area contributed by atoms with Gasteiger partial charge in [-0.1, -0.05) is 18.2 Å². The molecule has 0 bridgehead atoms. The van der Waals surface area contributed by atoms with Gasteiger partial charge in [0.05, 0.1) is 5.56 Å². The second kappa shape index (κ2) is 3.51. The van der Waals surface area contributed by atoms with Crippen LogP contribution in [0.3, 0.4) is 0 Å². The van der Waals surface area contributed by atoms with Crippen molar-refractivity contribution in [3.63, 3.8) is 0 Å². The maximum Gasteiger partial charge on any atom is 0.416 e. The Morgan fingerprint density at radius 2 is 1.67 bits per heavy atom. The average Bonchev–Trinajstić information content (AvgIpc) is 2.66. The Hall–Kier alpha value is -1.97. The molecule has 0 unspecified atom stereocenters. The highest BCUT2D eigenvalue weighted by atomic mass is 19.4. The van der Waals surface area contributed by atoms with Gasteiger partial charge in [-0.2, -0.15) is 13.2 Å². The third-order valence-corrected chi connectivity index (χ3v) is 3.11. The molecule has 1 aromatic heterocycles. The zero-order chi connectivity index (χ0) is 12.9. The van der Waals surface area contributed by atoms with Crippen molar-refractivity contribution in [2.45, 2.75) is 13.1 Å². The fraction of sp³-hybridized carbons (Fsp3) is 0.143. The van der Waals surface area contributed by atoms with Crippen molar-refractivity contribution >= 4 is 21.9 Å². The lowest BCUT2D eigenvalue weighted by atomic mass is 10.0. The summed E-state index contributed by atoms with van der Waals surface area (Å²) in [5.41, 5.74) is 0.697. The number of hydrogen-bond donors (Lipinski definition) is 0. The summed E-state index contributed by atoms with van der Waals surface area (Å²) in [7, 11) is 0. The van der Waals surface area contributed by atoms with Crippen LogP contribution in [0.2, 0.25) is 0 Å². The molecule has 0 aliphatic carbocycles. The largest absolute Gasteiger partial charge is 0.456 e. The van der Waals surface area contributed by atoms with Crippen LogP contribution in [0.4, 0.5) is 13.2 Å². The molecule has 4 heteroatoms. The summed E-state index contributed by atoms with van der Waals surface area (Å²) in [5, 5.41) is 1.26. The number of fused-ring (bicyclic) bond motifs is 3. The third-order valence-electron chi connectivity index (χ3n) is 3.11. The molecule has 0 spiro atoms. The molecule has 0 N–H and O–H groups in total. The highest BCUT2D eigenvalue weighted by molar-refractivity contribution is 6.07. The first kappa shape index (κ1) is 11.1. The Kier molecular flexibility index (Phi) is 2.17. The van der Waals surface area contributed by atoms with E-state index in [0.717, 1.165) is 11.5 Å². The van der Waals surface area contributed by atoms with E-state index >= 15 is 0 Å². The van der Waals surface area contributed by atoms with Crippen molar-refractivity contribution in [1.82, 2.24) is 0 Å². The van der Waals surface area contributed by atoms with E-state index in [4.69, 9.17) is 4.42 Å². The molecule has 0 aliphatic heterocycles. The van der Waals surface area contributed by atoms with Crippen molar-refractivity contribution < 1.29 is 17.6 Å². The molecule has 3 aromatic rings. The van der Waals surface area contributed by atoms with Gasteiger partial charge in [-0.05, 0) is 30.7 Å². The molecule has 0 atom stereocenters. The van der Waals surface area contributed by atoms with Crippen LogP contribution in [0, 0.1) is 6.92 Å². The minimum Gasteiger partial charge on any atom is -0.456 e. The van der Waals surface area contributed by atoms with Gasteiger partial charge in [0.2, 0.25) is 0 Å². The Morgan fingerprint density at radius 3 is 2.39 bits per heavy atom. The average molecular weight is 250 g/mol. The molecule has 18 heavy (non-hydrogen) atoms. The van der Waals surface area contributed by atoms with Crippen molar-refractivity contribution in [2.75, 3.05) is 0 Å². The van der Waals surface area contributed by atoms with E-state index in [0.29, 0.717) is 16.6 Å². The van der Waals surface area contributed by atoms with Gasteiger partial charge in [-0.25, -0.2) is 0 Å². The number of aryl methyl sites for hydroxylation is 1. The van der Waals surface area contributed by atoms with E-state index < -0.39 is 11.7 Å². The molecule has 0 aliphatic rings. The summed E-state index contributed by atoms with van der Waals surface area (Å²) in [5.74, 6) is 0. The highest BCUT2D eigenvalue weighted by Crippen LogP contribution is 2.38. The summed E-state index contributed by atoms with van der Waals surface area (Å²) in [6.45, 7) is 1.48. The number of para-hydroxylation sites is 1. The molecule has 92 valence electrons. The first-order chi connectivity index (χ1) is 8.48. The normalized spacial score (nSPS) is 12.4. The van der Waals surface area contributed by atoms with E-state index in [1.165, 1.54) is 13.0 Å². The summed E-state index contributed by atoms with van der Waals surface area (Å²) in [4.78, 5) is 0. The van der Waals surface area contributed by atoms with Crippen LogP contribution in [-0.2, 0) is 6.18 Å². The summed E-state index contributed by atoms with van der Waals surface area (Å²) in [6, 6.07) is 9.56. The molecule has 0 saturated carbocycles. The van der Waals surface area contributed by atoms with E-state index in [-0.39, 0.29) is 5.56 Å². The van der Waals surface area contributed by atoms with Gasteiger partial charge in [0.1, 0.15) is 11.2 Å². The molecule has 0 fully saturated rings. The molecule has 0 amide bonds. The predicted molar refractivity (Wildman–Crippen MR) is 63.5 cm³/mol. The summed E-state index contributed by atoms with van der Waals surface area (Å²) >= 11 is 0. The molecule has 3 rings (SSSR count). The first-order valence-electron chi connectivity index (χ1n) is 5.46. The van der Waals surface area contributed by atoms with Gasteiger partial charge in [0, 0.05) is 10.8 Å². The zero-order valence-electron chi connectivity index (χ0n) is 9.51. The molecular formula is C14H9F3O. The van der Waals surface area contributed by atoms with Crippen molar-refractivity contribution in [1.29, 1.82) is 0 Å². The van der Waals surface area contributed by atoms with E-state index in [9.17, 15) is 13.2 Å². The minimum atomic E-state index is -4.34. The number of rotatable bonds is 0. The monoisotopic (exact) mass is 250 g/mol. The van der Waals surface area contributed by atoms with Gasteiger partial charge in [0.25, 0.3) is 0 Å². The first-order valence-corrected chi connectivity index (χ1v) is 5.46. The summed E-state index contributed by atoms with van der Waals surface area (Å²) < 4.78 is 44.1. The fourth-order valence-electron chi connectivity index (χ4n) is 2.29. The number of furan rings is 1. The van der Waals surface area contributed by atoms with Crippen molar-refractivity contribution in [3.05, 3.63) is 47.5 Å². The van der Waals surface area contributed by atoms with Gasteiger partial charge >= 0.3 is 6.18 Å². The predicted octanol–water partition coefficient (Wildman–Crippen LogP) is 4.91. The topological polar surface area (TPSA) is 13.1 Å². The SMILES string of the molecule is Cc1c(C(F)(F)F)ccc2oc3ccccc3c12. The quantitative estimate of drug-likeness (QED) is 0.552. The number of benzene rings is 2. The smallest absolute Gasteiger partial charge is 0.416 e. The van der Waals surface area contributed by atoms with Crippen LogP contribution in [0.5, 0.6) is 0 Å². The zero-order valence-corrected chi connectivity index (χ0v) is 9.51. The van der Waals surface area contributed by atoms with E-state index in [2.05, 4.69) is 0 Å². The van der Waals surface area contributed by atoms with E-state index in [1.807, 2.05) is 0 Å². The maximum absolute atomic E-state index is 12.9. The number of alkyl halides is 3. The van der Waals surface area contributed by atoms with Crippen LogP contribution < -0.4 is 0 Å². The van der Waals surface area contributed by atoms with Crippen molar-refractivity contribution in [2.24, 2.45) is 0 Å². The van der Waals surface area contributed by atoms with Gasteiger partial charge in [-0.3, -0.25) is 0 Å². The lowest BCUT2D eigenvalue weighted by molar-refractivity contribution is -0.137. The molecule has 0 saturated heterocycles. The second-order valence-electron chi connectivity index (χ2n) is 4.21. The van der Waals surface area contributed by atoms with Crippen LogP contribution in [-0.4, -0.2) is 0 Å². The molecule has 1 nitrogen and oxygen atoms in total. The summed E-state index contributed by atoms with van der Waals surface area (Å²) in [6.07, 6.45) is -4.34. The number of hydrogen-bond acceptors (Lipinski definition) is 1.